The number of rotatable bonds is 3. The second-order valence-electron chi connectivity index (χ2n) is 5.17. The van der Waals surface area contributed by atoms with Crippen LogP contribution in [0.3, 0.4) is 0 Å². The van der Waals surface area contributed by atoms with Crippen molar-refractivity contribution in [2.24, 2.45) is 11.8 Å². The smallest absolute Gasteiger partial charge is 0.0832 e. The largest absolute Gasteiger partial charge is 0.388 e. The van der Waals surface area contributed by atoms with Crippen LogP contribution in [0.15, 0.2) is 24.3 Å². The van der Waals surface area contributed by atoms with Gasteiger partial charge in [-0.2, -0.15) is 0 Å². The van der Waals surface area contributed by atoms with Crippen LogP contribution < -0.4 is 0 Å². The highest BCUT2D eigenvalue weighted by atomic mass is 35.5. The van der Waals surface area contributed by atoms with E-state index >= 15 is 0 Å². The highest BCUT2D eigenvalue weighted by Gasteiger charge is 2.28. The van der Waals surface area contributed by atoms with Crippen molar-refractivity contribution in [3.63, 3.8) is 0 Å². The molecule has 1 aliphatic carbocycles. The van der Waals surface area contributed by atoms with Gasteiger partial charge in [-0.3, -0.25) is 0 Å². The fraction of sp³-hybridized carbons (Fsp3) is 0.600. The summed E-state index contributed by atoms with van der Waals surface area (Å²) in [5, 5.41) is 11.1. The van der Waals surface area contributed by atoms with E-state index in [1.807, 2.05) is 24.3 Å². The van der Waals surface area contributed by atoms with Crippen LogP contribution in [0.2, 0.25) is 5.02 Å². The Kier molecular flexibility index (Phi) is 4.47. The number of aliphatic hydroxyl groups is 1. The van der Waals surface area contributed by atoms with Gasteiger partial charge in [0, 0.05) is 5.02 Å². The Hall–Kier alpha value is -0.530. The average molecular weight is 253 g/mol. The van der Waals surface area contributed by atoms with E-state index in [1.165, 1.54) is 19.3 Å². The van der Waals surface area contributed by atoms with E-state index in [-0.39, 0.29) is 0 Å². The molecular formula is C15H21ClO. The van der Waals surface area contributed by atoms with Gasteiger partial charge in [-0.15, -0.1) is 0 Å². The van der Waals surface area contributed by atoms with Crippen molar-refractivity contribution < 1.29 is 5.11 Å². The summed E-state index contributed by atoms with van der Waals surface area (Å²) in [4.78, 5) is 0. The summed E-state index contributed by atoms with van der Waals surface area (Å²) in [6, 6.07) is 7.67. The summed E-state index contributed by atoms with van der Waals surface area (Å²) in [5.41, 5.74) is 0.899. The number of hydrogen-bond acceptors (Lipinski definition) is 1. The molecular weight excluding hydrogens is 232 g/mol. The standard InChI is InChI=1S/C15H21ClO/c1-2-11-6-5-7-12(10-11)15(17)13-8-3-4-9-14(13)16/h3-4,8-9,11-12,15,17H,2,5-7,10H2,1H3. The van der Waals surface area contributed by atoms with E-state index < -0.39 is 6.10 Å². The molecule has 0 aliphatic heterocycles. The first kappa shape index (κ1) is 12.9. The van der Waals surface area contributed by atoms with Gasteiger partial charge in [0.1, 0.15) is 0 Å². The van der Waals surface area contributed by atoms with Crippen LogP contribution >= 0.6 is 11.6 Å². The molecule has 0 radical (unpaired) electrons. The minimum atomic E-state index is -0.391. The molecule has 0 aromatic heterocycles. The highest BCUT2D eigenvalue weighted by molar-refractivity contribution is 6.31. The molecule has 0 bridgehead atoms. The van der Waals surface area contributed by atoms with Crippen molar-refractivity contribution >= 4 is 11.6 Å². The molecule has 1 nitrogen and oxygen atoms in total. The molecule has 3 atom stereocenters. The van der Waals surface area contributed by atoms with Crippen molar-refractivity contribution in [3.8, 4) is 0 Å². The van der Waals surface area contributed by atoms with Gasteiger partial charge >= 0.3 is 0 Å². The van der Waals surface area contributed by atoms with Crippen LogP contribution in [-0.2, 0) is 0 Å². The van der Waals surface area contributed by atoms with Gasteiger partial charge in [0.25, 0.3) is 0 Å². The number of halogens is 1. The van der Waals surface area contributed by atoms with Crippen molar-refractivity contribution in [2.75, 3.05) is 0 Å². The Labute approximate surface area is 109 Å². The van der Waals surface area contributed by atoms with Crippen LogP contribution in [0.5, 0.6) is 0 Å². The van der Waals surface area contributed by atoms with E-state index in [0.29, 0.717) is 10.9 Å². The lowest BCUT2D eigenvalue weighted by atomic mass is 9.76. The van der Waals surface area contributed by atoms with E-state index in [1.54, 1.807) is 0 Å². The zero-order chi connectivity index (χ0) is 12.3. The molecule has 94 valence electrons. The number of benzene rings is 1. The van der Waals surface area contributed by atoms with Gasteiger partial charge in [-0.05, 0) is 36.3 Å². The molecule has 0 heterocycles. The number of hydrogen-bond donors (Lipinski definition) is 1. The molecule has 1 N–H and O–H groups in total. The van der Waals surface area contributed by atoms with Gasteiger partial charge in [0.15, 0.2) is 0 Å². The van der Waals surface area contributed by atoms with Gasteiger partial charge < -0.3 is 5.11 Å². The zero-order valence-electron chi connectivity index (χ0n) is 10.4. The summed E-state index contributed by atoms with van der Waals surface area (Å²) >= 11 is 6.15. The minimum Gasteiger partial charge on any atom is -0.388 e. The molecule has 1 aromatic rings. The van der Waals surface area contributed by atoms with Crippen molar-refractivity contribution in [1.29, 1.82) is 0 Å². The monoisotopic (exact) mass is 252 g/mol. The highest BCUT2D eigenvalue weighted by Crippen LogP contribution is 2.39. The molecule has 2 rings (SSSR count). The average Bonchev–Trinajstić information content (AvgIpc) is 2.38. The summed E-state index contributed by atoms with van der Waals surface area (Å²) < 4.78 is 0. The van der Waals surface area contributed by atoms with E-state index in [2.05, 4.69) is 6.92 Å². The molecule has 2 heteroatoms. The predicted molar refractivity (Wildman–Crippen MR) is 72.2 cm³/mol. The molecule has 0 amide bonds. The van der Waals surface area contributed by atoms with Crippen LogP contribution in [-0.4, -0.2) is 5.11 Å². The van der Waals surface area contributed by atoms with Gasteiger partial charge in [-0.25, -0.2) is 0 Å². The van der Waals surface area contributed by atoms with Crippen LogP contribution in [0.1, 0.15) is 50.7 Å². The molecule has 1 aliphatic rings. The lowest BCUT2D eigenvalue weighted by Gasteiger charge is -2.32. The lowest BCUT2D eigenvalue weighted by Crippen LogP contribution is -2.21. The first-order chi connectivity index (χ1) is 8.22. The fourth-order valence-electron chi connectivity index (χ4n) is 2.96. The Morgan fingerprint density at radius 1 is 1.35 bits per heavy atom. The van der Waals surface area contributed by atoms with E-state index in [0.717, 1.165) is 24.3 Å². The van der Waals surface area contributed by atoms with Crippen LogP contribution in [0, 0.1) is 11.8 Å². The zero-order valence-corrected chi connectivity index (χ0v) is 11.2. The molecule has 3 unspecified atom stereocenters. The molecule has 1 aromatic carbocycles. The van der Waals surface area contributed by atoms with Crippen molar-refractivity contribution in [3.05, 3.63) is 34.9 Å². The SMILES string of the molecule is CCC1CCCC(C(O)c2ccccc2Cl)C1. The minimum absolute atomic E-state index is 0.383. The normalized spacial score (nSPS) is 26.8. The maximum Gasteiger partial charge on any atom is 0.0832 e. The molecule has 1 saturated carbocycles. The fourth-order valence-corrected chi connectivity index (χ4v) is 3.21. The quantitative estimate of drug-likeness (QED) is 0.834. The van der Waals surface area contributed by atoms with Gasteiger partial charge in [-0.1, -0.05) is 56.0 Å². The Morgan fingerprint density at radius 2 is 2.12 bits per heavy atom. The number of aliphatic hydroxyl groups excluding tert-OH is 1. The summed E-state index contributed by atoms with van der Waals surface area (Å²) in [7, 11) is 0. The first-order valence-corrected chi connectivity index (χ1v) is 7.02. The summed E-state index contributed by atoms with van der Waals surface area (Å²) in [6.07, 6.45) is 5.67. The predicted octanol–water partition coefficient (Wildman–Crippen LogP) is 4.59. The third-order valence-electron chi connectivity index (χ3n) is 4.07. The Morgan fingerprint density at radius 3 is 2.82 bits per heavy atom. The third kappa shape index (κ3) is 3.02. The third-order valence-corrected chi connectivity index (χ3v) is 4.42. The van der Waals surface area contributed by atoms with Crippen LogP contribution in [0.4, 0.5) is 0 Å². The molecule has 0 saturated heterocycles. The van der Waals surface area contributed by atoms with E-state index in [4.69, 9.17) is 11.6 Å². The van der Waals surface area contributed by atoms with Crippen molar-refractivity contribution in [2.45, 2.75) is 45.1 Å². The lowest BCUT2D eigenvalue weighted by molar-refractivity contribution is 0.0679. The maximum absolute atomic E-state index is 10.5. The Balaban J connectivity index is 2.09. The molecule has 0 spiro atoms. The molecule has 1 fully saturated rings. The first-order valence-electron chi connectivity index (χ1n) is 6.64. The van der Waals surface area contributed by atoms with Crippen molar-refractivity contribution in [1.82, 2.24) is 0 Å². The van der Waals surface area contributed by atoms with Gasteiger partial charge in [0.05, 0.1) is 6.10 Å². The molecule has 17 heavy (non-hydrogen) atoms. The van der Waals surface area contributed by atoms with Crippen LogP contribution in [0.25, 0.3) is 0 Å². The van der Waals surface area contributed by atoms with E-state index in [9.17, 15) is 5.11 Å². The van der Waals surface area contributed by atoms with Gasteiger partial charge in [0.2, 0.25) is 0 Å². The Bertz CT molecular complexity index is 364. The summed E-state index contributed by atoms with van der Waals surface area (Å²) in [6.45, 7) is 2.24. The second kappa shape index (κ2) is 5.88. The summed E-state index contributed by atoms with van der Waals surface area (Å²) in [5.74, 6) is 1.17. The second-order valence-corrected chi connectivity index (χ2v) is 5.57. The maximum atomic E-state index is 10.5. The topological polar surface area (TPSA) is 20.2 Å².